The SMILES string of the molecule is CCNC(Cc1nc(C)c(C)s1)c1cc(C)c(Br)c(C)c1. The van der Waals surface area contributed by atoms with E-state index in [-0.39, 0.29) is 0 Å². The molecule has 0 saturated heterocycles. The Morgan fingerprint density at radius 3 is 2.29 bits per heavy atom. The average molecular weight is 367 g/mol. The standard InChI is InChI=1S/C17H23BrN2S/c1-6-19-15(9-16-20-12(4)13(5)21-16)14-7-10(2)17(18)11(3)8-14/h7-8,15,19H,6,9H2,1-5H3. The second-order valence-corrected chi connectivity index (χ2v) is 7.61. The average Bonchev–Trinajstić information content (AvgIpc) is 2.73. The third kappa shape index (κ3) is 3.93. The second-order valence-electron chi connectivity index (χ2n) is 5.53. The summed E-state index contributed by atoms with van der Waals surface area (Å²) in [5.74, 6) is 0. The molecule has 4 heteroatoms. The molecule has 2 nitrogen and oxygen atoms in total. The van der Waals surface area contributed by atoms with Crippen LogP contribution in [0.15, 0.2) is 16.6 Å². The van der Waals surface area contributed by atoms with Crippen LogP contribution in [0.5, 0.6) is 0 Å². The molecule has 0 aliphatic rings. The van der Waals surface area contributed by atoms with Crippen molar-refractivity contribution in [2.75, 3.05) is 6.54 Å². The van der Waals surface area contributed by atoms with Gasteiger partial charge in [-0.1, -0.05) is 35.0 Å². The number of hydrogen-bond donors (Lipinski definition) is 1. The van der Waals surface area contributed by atoms with Gasteiger partial charge in [0.05, 0.1) is 10.7 Å². The summed E-state index contributed by atoms with van der Waals surface area (Å²) in [6, 6.07) is 4.88. The molecule has 114 valence electrons. The van der Waals surface area contributed by atoms with Crippen LogP contribution in [0.3, 0.4) is 0 Å². The normalized spacial score (nSPS) is 12.7. The Balaban J connectivity index is 2.30. The van der Waals surface area contributed by atoms with Crippen molar-refractivity contribution in [2.24, 2.45) is 0 Å². The monoisotopic (exact) mass is 366 g/mol. The molecule has 1 aromatic carbocycles. The molecule has 0 spiro atoms. The Labute approximate surface area is 140 Å². The highest BCUT2D eigenvalue weighted by Gasteiger charge is 2.16. The van der Waals surface area contributed by atoms with Gasteiger partial charge in [-0.15, -0.1) is 11.3 Å². The Kier molecular flexibility index (Phi) is 5.58. The number of thiazole rings is 1. The number of aryl methyl sites for hydroxylation is 4. The molecule has 0 aliphatic carbocycles. The maximum absolute atomic E-state index is 4.69. The summed E-state index contributed by atoms with van der Waals surface area (Å²) in [6.45, 7) is 11.7. The highest BCUT2D eigenvalue weighted by Crippen LogP contribution is 2.28. The molecule has 0 radical (unpaired) electrons. The third-order valence-corrected chi connectivity index (χ3v) is 6.11. The van der Waals surface area contributed by atoms with Crippen molar-refractivity contribution in [1.29, 1.82) is 0 Å². The van der Waals surface area contributed by atoms with Gasteiger partial charge >= 0.3 is 0 Å². The Hall–Kier alpha value is -0.710. The number of rotatable bonds is 5. The molecule has 0 fully saturated rings. The first-order valence-electron chi connectivity index (χ1n) is 7.35. The molecule has 2 rings (SSSR count). The number of nitrogens with zero attached hydrogens (tertiary/aromatic N) is 1. The van der Waals surface area contributed by atoms with E-state index in [9.17, 15) is 0 Å². The smallest absolute Gasteiger partial charge is 0.0949 e. The maximum atomic E-state index is 4.69. The van der Waals surface area contributed by atoms with Crippen LogP contribution < -0.4 is 5.32 Å². The highest BCUT2D eigenvalue weighted by molar-refractivity contribution is 9.10. The van der Waals surface area contributed by atoms with Crippen molar-refractivity contribution in [3.8, 4) is 0 Å². The zero-order valence-electron chi connectivity index (χ0n) is 13.4. The van der Waals surface area contributed by atoms with Gasteiger partial charge in [-0.05, 0) is 50.9 Å². The van der Waals surface area contributed by atoms with Crippen molar-refractivity contribution >= 4 is 27.3 Å². The summed E-state index contributed by atoms with van der Waals surface area (Å²) in [6.07, 6.45) is 0.952. The molecule has 1 atom stereocenters. The van der Waals surface area contributed by atoms with Crippen molar-refractivity contribution in [2.45, 2.75) is 47.1 Å². The lowest BCUT2D eigenvalue weighted by Crippen LogP contribution is -2.23. The van der Waals surface area contributed by atoms with Crippen LogP contribution in [-0.4, -0.2) is 11.5 Å². The lowest BCUT2D eigenvalue weighted by molar-refractivity contribution is 0.547. The number of aromatic nitrogens is 1. The Morgan fingerprint density at radius 1 is 1.19 bits per heavy atom. The van der Waals surface area contributed by atoms with E-state index in [1.165, 1.54) is 31.0 Å². The predicted octanol–water partition coefficient (Wildman–Crippen LogP) is 5.03. The van der Waals surface area contributed by atoms with Gasteiger partial charge in [-0.25, -0.2) is 4.98 Å². The molecule has 0 saturated carbocycles. The zero-order valence-corrected chi connectivity index (χ0v) is 15.8. The second kappa shape index (κ2) is 7.03. The predicted molar refractivity (Wildman–Crippen MR) is 95.3 cm³/mol. The van der Waals surface area contributed by atoms with Gasteiger partial charge in [0.25, 0.3) is 0 Å². The van der Waals surface area contributed by atoms with Crippen molar-refractivity contribution in [3.63, 3.8) is 0 Å². The summed E-state index contributed by atoms with van der Waals surface area (Å²) in [5, 5.41) is 4.82. The summed E-state index contributed by atoms with van der Waals surface area (Å²) in [7, 11) is 0. The van der Waals surface area contributed by atoms with Gasteiger partial charge in [0.15, 0.2) is 0 Å². The fraction of sp³-hybridized carbons (Fsp3) is 0.471. The fourth-order valence-corrected chi connectivity index (χ4v) is 3.74. The van der Waals surface area contributed by atoms with Crippen molar-refractivity contribution in [1.82, 2.24) is 10.3 Å². The first kappa shape index (κ1) is 16.7. The minimum absolute atomic E-state index is 0.324. The fourth-order valence-electron chi connectivity index (χ4n) is 2.54. The van der Waals surface area contributed by atoms with E-state index in [0.29, 0.717) is 6.04 Å². The van der Waals surface area contributed by atoms with E-state index < -0.39 is 0 Å². The highest BCUT2D eigenvalue weighted by atomic mass is 79.9. The topological polar surface area (TPSA) is 24.9 Å². The number of nitrogens with one attached hydrogen (secondary N) is 1. The van der Waals surface area contributed by atoms with Crippen LogP contribution in [0.2, 0.25) is 0 Å². The lowest BCUT2D eigenvalue weighted by atomic mass is 9.99. The molecule has 2 aromatic rings. The van der Waals surface area contributed by atoms with Crippen LogP contribution in [0.4, 0.5) is 0 Å². The van der Waals surface area contributed by atoms with Crippen molar-refractivity contribution in [3.05, 3.63) is 48.9 Å². The van der Waals surface area contributed by atoms with Crippen LogP contribution in [0.25, 0.3) is 0 Å². The van der Waals surface area contributed by atoms with Crippen LogP contribution in [0, 0.1) is 27.7 Å². The van der Waals surface area contributed by atoms with Gasteiger partial charge < -0.3 is 5.32 Å². The number of benzene rings is 1. The van der Waals surface area contributed by atoms with Crippen LogP contribution in [0.1, 0.15) is 45.2 Å². The quantitative estimate of drug-likeness (QED) is 0.802. The molecule has 1 heterocycles. The Morgan fingerprint density at radius 2 is 1.81 bits per heavy atom. The molecule has 0 amide bonds. The van der Waals surface area contributed by atoms with Gasteiger partial charge in [0, 0.05) is 21.8 Å². The number of hydrogen-bond acceptors (Lipinski definition) is 3. The third-order valence-electron chi connectivity index (χ3n) is 3.76. The molecule has 21 heavy (non-hydrogen) atoms. The zero-order chi connectivity index (χ0) is 15.6. The van der Waals surface area contributed by atoms with Gasteiger partial charge in [-0.2, -0.15) is 0 Å². The maximum Gasteiger partial charge on any atom is 0.0949 e. The number of halogens is 1. The van der Waals surface area contributed by atoms with E-state index in [1.54, 1.807) is 0 Å². The van der Waals surface area contributed by atoms with E-state index in [0.717, 1.165) is 18.7 Å². The minimum Gasteiger partial charge on any atom is -0.310 e. The minimum atomic E-state index is 0.324. The summed E-state index contributed by atoms with van der Waals surface area (Å²) < 4.78 is 1.21. The molecule has 1 aromatic heterocycles. The van der Waals surface area contributed by atoms with E-state index in [1.807, 2.05) is 11.3 Å². The first-order valence-corrected chi connectivity index (χ1v) is 8.96. The van der Waals surface area contributed by atoms with E-state index in [2.05, 4.69) is 73.0 Å². The van der Waals surface area contributed by atoms with E-state index >= 15 is 0 Å². The van der Waals surface area contributed by atoms with E-state index in [4.69, 9.17) is 0 Å². The molecule has 0 bridgehead atoms. The molecule has 1 N–H and O–H groups in total. The summed E-state index contributed by atoms with van der Waals surface area (Å²) >= 11 is 5.46. The molecule has 0 aliphatic heterocycles. The first-order chi connectivity index (χ1) is 9.92. The van der Waals surface area contributed by atoms with Crippen LogP contribution in [-0.2, 0) is 6.42 Å². The van der Waals surface area contributed by atoms with Crippen LogP contribution >= 0.6 is 27.3 Å². The molecule has 1 unspecified atom stereocenters. The molecular weight excluding hydrogens is 344 g/mol. The summed E-state index contributed by atoms with van der Waals surface area (Å²) in [4.78, 5) is 6.01. The largest absolute Gasteiger partial charge is 0.310 e. The van der Waals surface area contributed by atoms with Gasteiger partial charge in [0.2, 0.25) is 0 Å². The Bertz CT molecular complexity index is 591. The lowest BCUT2D eigenvalue weighted by Gasteiger charge is -2.19. The molecular formula is C17H23BrN2S. The summed E-state index contributed by atoms with van der Waals surface area (Å²) in [5.41, 5.74) is 5.09. The van der Waals surface area contributed by atoms with Gasteiger partial charge in [-0.3, -0.25) is 0 Å². The van der Waals surface area contributed by atoms with Gasteiger partial charge in [0.1, 0.15) is 0 Å². The number of likely N-dealkylation sites (N-methyl/N-ethyl adjacent to an activating group) is 1. The van der Waals surface area contributed by atoms with Crippen molar-refractivity contribution < 1.29 is 0 Å².